The van der Waals surface area contributed by atoms with Crippen LogP contribution in [-0.2, 0) is 14.3 Å². The maximum Gasteiger partial charge on any atom is 0.262 e. The Morgan fingerprint density at radius 2 is 2.29 bits per heavy atom. The second-order valence-electron chi connectivity index (χ2n) is 3.35. The number of rotatable bonds is 4. The fourth-order valence-electron chi connectivity index (χ4n) is 1.48. The molecule has 1 unspecified atom stereocenters. The summed E-state index contributed by atoms with van der Waals surface area (Å²) in [6.45, 7) is 3.33. The number of hydrogen-bond acceptors (Lipinski definition) is 4. The molecular weight excluding hydrogens is 184 g/mol. The van der Waals surface area contributed by atoms with Crippen molar-refractivity contribution in [2.75, 3.05) is 13.2 Å². The Morgan fingerprint density at radius 3 is 2.79 bits per heavy atom. The van der Waals surface area contributed by atoms with Crippen LogP contribution in [-0.4, -0.2) is 31.3 Å². The van der Waals surface area contributed by atoms with Crippen molar-refractivity contribution in [2.45, 2.75) is 38.4 Å². The third kappa shape index (κ3) is 3.25. The molecule has 1 rings (SSSR count). The van der Waals surface area contributed by atoms with Gasteiger partial charge in [0, 0.05) is 13.2 Å². The predicted octanol–water partition coefficient (Wildman–Crippen LogP) is -0.0495. The van der Waals surface area contributed by atoms with E-state index in [0.717, 1.165) is 12.8 Å². The zero-order valence-corrected chi connectivity index (χ0v) is 8.49. The first-order valence-corrected chi connectivity index (χ1v) is 5.01. The summed E-state index contributed by atoms with van der Waals surface area (Å²) in [7, 11) is 0. The molecule has 5 nitrogen and oxygen atoms in total. The number of hydrazine groups is 1. The van der Waals surface area contributed by atoms with Gasteiger partial charge in [-0.15, -0.1) is 0 Å². The van der Waals surface area contributed by atoms with Gasteiger partial charge < -0.3 is 9.47 Å². The lowest BCUT2D eigenvalue weighted by atomic mass is 10.1. The van der Waals surface area contributed by atoms with E-state index in [1.54, 1.807) is 0 Å². The normalized spacial score (nSPS) is 20.4. The lowest BCUT2D eigenvalue weighted by molar-refractivity contribution is -0.141. The highest BCUT2D eigenvalue weighted by Gasteiger charge is 2.22. The first-order chi connectivity index (χ1) is 6.77. The molecular formula is C9H18N2O3. The van der Waals surface area contributed by atoms with E-state index in [1.807, 2.05) is 6.92 Å². The average molecular weight is 202 g/mol. The Labute approximate surface area is 83.9 Å². The fraction of sp³-hybridized carbons (Fsp3) is 0.889. The molecule has 1 atom stereocenters. The van der Waals surface area contributed by atoms with Gasteiger partial charge >= 0.3 is 0 Å². The van der Waals surface area contributed by atoms with Gasteiger partial charge in [-0.3, -0.25) is 10.2 Å². The highest BCUT2D eigenvalue weighted by molar-refractivity contribution is 5.80. The van der Waals surface area contributed by atoms with Gasteiger partial charge in [0.15, 0.2) is 0 Å². The molecule has 0 radical (unpaired) electrons. The lowest BCUT2D eigenvalue weighted by Gasteiger charge is -2.26. The molecule has 82 valence electrons. The molecule has 1 aliphatic rings. The van der Waals surface area contributed by atoms with Crippen LogP contribution in [0, 0.1) is 0 Å². The lowest BCUT2D eigenvalue weighted by Crippen LogP contribution is -2.42. The highest BCUT2D eigenvalue weighted by Crippen LogP contribution is 2.14. The van der Waals surface area contributed by atoms with Gasteiger partial charge in [0.1, 0.15) is 6.10 Å². The summed E-state index contributed by atoms with van der Waals surface area (Å²) in [5.74, 6) is 4.80. The number of amides is 1. The van der Waals surface area contributed by atoms with Crippen molar-refractivity contribution in [1.82, 2.24) is 5.43 Å². The van der Waals surface area contributed by atoms with Gasteiger partial charge in [0.05, 0.1) is 6.10 Å². The standard InChI is InChI=1S/C9H18N2O3/c1-2-8(9(12)11-10)14-7-3-5-13-6-4-7/h7-8H,2-6,10H2,1H3,(H,11,12). The van der Waals surface area contributed by atoms with Gasteiger partial charge in [-0.25, -0.2) is 5.84 Å². The third-order valence-electron chi connectivity index (χ3n) is 2.33. The highest BCUT2D eigenvalue weighted by atomic mass is 16.5. The fourth-order valence-corrected chi connectivity index (χ4v) is 1.48. The molecule has 1 heterocycles. The molecule has 1 aliphatic heterocycles. The third-order valence-corrected chi connectivity index (χ3v) is 2.33. The molecule has 1 fully saturated rings. The number of carbonyl (C=O) groups excluding carboxylic acids is 1. The monoisotopic (exact) mass is 202 g/mol. The van der Waals surface area contributed by atoms with Gasteiger partial charge in [0.2, 0.25) is 0 Å². The van der Waals surface area contributed by atoms with Crippen LogP contribution in [0.4, 0.5) is 0 Å². The smallest absolute Gasteiger partial charge is 0.262 e. The SMILES string of the molecule is CCC(OC1CCOCC1)C(=O)NN. The van der Waals surface area contributed by atoms with Crippen LogP contribution in [0.3, 0.4) is 0 Å². The predicted molar refractivity (Wildman–Crippen MR) is 51.3 cm³/mol. The van der Waals surface area contributed by atoms with Crippen LogP contribution < -0.4 is 11.3 Å². The molecule has 0 spiro atoms. The van der Waals surface area contributed by atoms with E-state index < -0.39 is 6.10 Å². The van der Waals surface area contributed by atoms with Gasteiger partial charge in [0.25, 0.3) is 5.91 Å². The quantitative estimate of drug-likeness (QED) is 0.381. The molecule has 1 saturated heterocycles. The molecule has 0 aromatic heterocycles. The maximum atomic E-state index is 11.2. The van der Waals surface area contributed by atoms with Crippen LogP contribution in [0.15, 0.2) is 0 Å². The first kappa shape index (κ1) is 11.4. The van der Waals surface area contributed by atoms with E-state index >= 15 is 0 Å². The summed E-state index contributed by atoms with van der Waals surface area (Å²) >= 11 is 0. The maximum absolute atomic E-state index is 11.2. The molecule has 0 aromatic carbocycles. The van der Waals surface area contributed by atoms with E-state index in [1.165, 1.54) is 0 Å². The molecule has 0 aromatic rings. The molecule has 1 amide bonds. The van der Waals surface area contributed by atoms with Crippen molar-refractivity contribution in [3.63, 3.8) is 0 Å². The Hall–Kier alpha value is -0.650. The zero-order valence-electron chi connectivity index (χ0n) is 8.49. The molecule has 0 bridgehead atoms. The molecule has 5 heteroatoms. The van der Waals surface area contributed by atoms with Crippen molar-refractivity contribution in [2.24, 2.45) is 5.84 Å². The van der Waals surface area contributed by atoms with Crippen molar-refractivity contribution in [3.05, 3.63) is 0 Å². The number of ether oxygens (including phenoxy) is 2. The summed E-state index contributed by atoms with van der Waals surface area (Å²) in [6, 6.07) is 0. The minimum atomic E-state index is -0.428. The Morgan fingerprint density at radius 1 is 1.64 bits per heavy atom. The molecule has 3 N–H and O–H groups in total. The Balaban J connectivity index is 2.34. The summed E-state index contributed by atoms with van der Waals surface area (Å²) in [5, 5.41) is 0. The minimum absolute atomic E-state index is 0.131. The van der Waals surface area contributed by atoms with Gasteiger partial charge in [-0.05, 0) is 19.3 Å². The van der Waals surface area contributed by atoms with Crippen LogP contribution in [0.1, 0.15) is 26.2 Å². The summed E-state index contributed by atoms with van der Waals surface area (Å²) in [6.07, 6.45) is 2.05. The summed E-state index contributed by atoms with van der Waals surface area (Å²) < 4.78 is 10.8. The van der Waals surface area contributed by atoms with E-state index in [-0.39, 0.29) is 12.0 Å². The van der Waals surface area contributed by atoms with Crippen molar-refractivity contribution in [3.8, 4) is 0 Å². The second-order valence-corrected chi connectivity index (χ2v) is 3.35. The van der Waals surface area contributed by atoms with E-state index in [4.69, 9.17) is 15.3 Å². The van der Waals surface area contributed by atoms with Crippen LogP contribution in [0.2, 0.25) is 0 Å². The number of carbonyl (C=O) groups is 1. The Kier molecular flexibility index (Phi) is 4.86. The van der Waals surface area contributed by atoms with E-state index in [2.05, 4.69) is 5.43 Å². The number of nitrogens with two attached hydrogens (primary N) is 1. The number of hydrogen-bond donors (Lipinski definition) is 2. The second kappa shape index (κ2) is 5.95. The van der Waals surface area contributed by atoms with Crippen LogP contribution in [0.25, 0.3) is 0 Å². The molecule has 14 heavy (non-hydrogen) atoms. The van der Waals surface area contributed by atoms with Gasteiger partial charge in [-0.2, -0.15) is 0 Å². The summed E-state index contributed by atoms with van der Waals surface area (Å²) in [5.41, 5.74) is 2.11. The van der Waals surface area contributed by atoms with Crippen molar-refractivity contribution < 1.29 is 14.3 Å². The average Bonchev–Trinajstić information content (AvgIpc) is 2.26. The Bertz CT molecular complexity index is 181. The molecule has 0 saturated carbocycles. The molecule has 0 aliphatic carbocycles. The van der Waals surface area contributed by atoms with E-state index in [9.17, 15) is 4.79 Å². The number of nitrogens with one attached hydrogen (secondary N) is 1. The van der Waals surface area contributed by atoms with Crippen molar-refractivity contribution in [1.29, 1.82) is 0 Å². The van der Waals surface area contributed by atoms with Crippen LogP contribution >= 0.6 is 0 Å². The topological polar surface area (TPSA) is 73.6 Å². The van der Waals surface area contributed by atoms with Gasteiger partial charge in [-0.1, -0.05) is 6.92 Å². The zero-order chi connectivity index (χ0) is 10.4. The summed E-state index contributed by atoms with van der Waals surface area (Å²) in [4.78, 5) is 11.2. The largest absolute Gasteiger partial charge is 0.381 e. The van der Waals surface area contributed by atoms with E-state index in [0.29, 0.717) is 19.6 Å². The van der Waals surface area contributed by atoms with Crippen molar-refractivity contribution >= 4 is 5.91 Å². The minimum Gasteiger partial charge on any atom is -0.381 e. The van der Waals surface area contributed by atoms with Crippen LogP contribution in [0.5, 0.6) is 0 Å². The first-order valence-electron chi connectivity index (χ1n) is 5.01.